The topological polar surface area (TPSA) is 91.0 Å². The summed E-state index contributed by atoms with van der Waals surface area (Å²) in [4.78, 5) is 11.3. The average molecular weight is 434 g/mol. The minimum absolute atomic E-state index is 0.103. The Morgan fingerprint density at radius 2 is 1.97 bits per heavy atom. The van der Waals surface area contributed by atoms with E-state index in [-0.39, 0.29) is 12.5 Å². The zero-order chi connectivity index (χ0) is 22.7. The van der Waals surface area contributed by atoms with Crippen molar-refractivity contribution in [3.05, 3.63) is 82.4 Å². The summed E-state index contributed by atoms with van der Waals surface area (Å²) in [6, 6.07) is 17.7. The number of carbonyl (C=O) groups is 1. The second-order valence-corrected chi connectivity index (χ2v) is 7.88. The van der Waals surface area contributed by atoms with Crippen LogP contribution in [0.15, 0.2) is 54.6 Å². The van der Waals surface area contributed by atoms with Gasteiger partial charge in [-0.3, -0.25) is 4.79 Å². The lowest BCUT2D eigenvalue weighted by molar-refractivity contribution is -0.136. The maximum atomic E-state index is 11.3. The largest absolute Gasteiger partial charge is 0.489 e. The van der Waals surface area contributed by atoms with E-state index >= 15 is 0 Å². The first-order chi connectivity index (χ1) is 15.5. The maximum absolute atomic E-state index is 11.3. The third-order valence-corrected chi connectivity index (χ3v) is 5.80. The number of ether oxygens (including phenoxy) is 3. The fourth-order valence-corrected chi connectivity index (χ4v) is 3.93. The van der Waals surface area contributed by atoms with Crippen LogP contribution in [0.3, 0.4) is 0 Å². The summed E-state index contributed by atoms with van der Waals surface area (Å²) in [5.74, 6) is 0.495. The summed E-state index contributed by atoms with van der Waals surface area (Å²) in [5, 5.41) is 9.27. The second kappa shape index (κ2) is 9.42. The van der Waals surface area contributed by atoms with Gasteiger partial charge >= 0.3 is 5.97 Å². The van der Waals surface area contributed by atoms with Crippen molar-refractivity contribution < 1.29 is 24.1 Å². The molecular formula is C26H27NO5. The van der Waals surface area contributed by atoms with Gasteiger partial charge < -0.3 is 25.1 Å². The number of benzene rings is 3. The van der Waals surface area contributed by atoms with Crippen molar-refractivity contribution in [2.24, 2.45) is 5.73 Å². The van der Waals surface area contributed by atoms with Crippen LogP contribution < -0.4 is 15.2 Å². The smallest absolute Gasteiger partial charge is 0.307 e. The number of carboxylic acid groups (broad SMARTS) is 1. The highest BCUT2D eigenvalue weighted by molar-refractivity contribution is 5.77. The molecule has 3 N–H and O–H groups in total. The van der Waals surface area contributed by atoms with Crippen LogP contribution >= 0.6 is 0 Å². The standard InChI is InChI=1S/C26H27NO5/c1-16(30-2)18-8-9-19(12-25(28)29)24(11-18)31-14-17-6-7-21-15-32-26-20(13-27)4-3-5-22(26)23(21)10-17/h3-11,16H,12-15,27H2,1-2H3,(H,28,29). The maximum Gasteiger partial charge on any atom is 0.307 e. The Bertz CT molecular complexity index is 1140. The third-order valence-electron chi connectivity index (χ3n) is 5.80. The SMILES string of the molecule is COC(C)c1ccc(CC(=O)O)c(OCc2ccc3c(c2)-c2cccc(CN)c2OC3)c1. The van der Waals surface area contributed by atoms with Gasteiger partial charge in [0.1, 0.15) is 24.7 Å². The molecule has 0 aromatic heterocycles. The van der Waals surface area contributed by atoms with Crippen LogP contribution in [0.25, 0.3) is 11.1 Å². The number of rotatable bonds is 8. The molecule has 0 saturated carbocycles. The number of nitrogens with two attached hydrogens (primary N) is 1. The minimum atomic E-state index is -0.900. The number of aliphatic carboxylic acids is 1. The number of para-hydroxylation sites is 1. The lowest BCUT2D eigenvalue weighted by atomic mass is 9.93. The van der Waals surface area contributed by atoms with Crippen LogP contribution in [0.5, 0.6) is 11.5 Å². The number of hydrogen-bond acceptors (Lipinski definition) is 5. The molecule has 0 aliphatic carbocycles. The predicted octanol–water partition coefficient (Wildman–Crippen LogP) is 4.62. The van der Waals surface area contributed by atoms with Crippen molar-refractivity contribution in [2.45, 2.75) is 39.2 Å². The van der Waals surface area contributed by atoms with Crippen molar-refractivity contribution in [1.82, 2.24) is 0 Å². The average Bonchev–Trinajstić information content (AvgIpc) is 2.81. The molecule has 1 aliphatic heterocycles. The molecule has 4 rings (SSSR count). The molecule has 3 aromatic rings. The molecule has 0 radical (unpaired) electrons. The van der Waals surface area contributed by atoms with Gasteiger partial charge in [-0.2, -0.15) is 0 Å². The van der Waals surface area contributed by atoms with Gasteiger partial charge in [0.2, 0.25) is 0 Å². The first-order valence-electron chi connectivity index (χ1n) is 10.6. The monoisotopic (exact) mass is 433 g/mol. The molecule has 32 heavy (non-hydrogen) atoms. The molecule has 0 bridgehead atoms. The van der Waals surface area contributed by atoms with Crippen LogP contribution in [-0.4, -0.2) is 18.2 Å². The molecule has 1 aliphatic rings. The van der Waals surface area contributed by atoms with Crippen molar-refractivity contribution in [3.8, 4) is 22.6 Å². The van der Waals surface area contributed by atoms with Gasteiger partial charge in [0.25, 0.3) is 0 Å². The number of methoxy groups -OCH3 is 1. The molecule has 1 unspecified atom stereocenters. The van der Waals surface area contributed by atoms with Gasteiger partial charge in [0, 0.05) is 30.3 Å². The molecule has 1 heterocycles. The van der Waals surface area contributed by atoms with E-state index in [0.29, 0.717) is 31.1 Å². The van der Waals surface area contributed by atoms with Crippen LogP contribution in [0.1, 0.15) is 40.8 Å². The van der Waals surface area contributed by atoms with Crippen molar-refractivity contribution in [3.63, 3.8) is 0 Å². The van der Waals surface area contributed by atoms with Crippen LogP contribution in [0.4, 0.5) is 0 Å². The summed E-state index contributed by atoms with van der Waals surface area (Å²) in [5.41, 5.74) is 12.7. The highest BCUT2D eigenvalue weighted by atomic mass is 16.5. The Labute approximate surface area is 187 Å². The molecule has 3 aromatic carbocycles. The van der Waals surface area contributed by atoms with E-state index in [4.69, 9.17) is 19.9 Å². The zero-order valence-electron chi connectivity index (χ0n) is 18.3. The van der Waals surface area contributed by atoms with E-state index < -0.39 is 5.97 Å². The molecule has 166 valence electrons. The van der Waals surface area contributed by atoms with E-state index in [1.165, 1.54) is 0 Å². The van der Waals surface area contributed by atoms with Crippen LogP contribution in [0.2, 0.25) is 0 Å². The summed E-state index contributed by atoms with van der Waals surface area (Å²) in [7, 11) is 1.64. The normalized spacial score (nSPS) is 13.0. The van der Waals surface area contributed by atoms with Gasteiger partial charge in [-0.15, -0.1) is 0 Å². The summed E-state index contributed by atoms with van der Waals surface area (Å²) in [6.45, 7) is 3.18. The van der Waals surface area contributed by atoms with Gasteiger partial charge in [0.05, 0.1) is 12.5 Å². The molecule has 0 saturated heterocycles. The summed E-state index contributed by atoms with van der Waals surface area (Å²) >= 11 is 0. The highest BCUT2D eigenvalue weighted by Crippen LogP contribution is 2.40. The Morgan fingerprint density at radius 1 is 1.12 bits per heavy atom. The summed E-state index contributed by atoms with van der Waals surface area (Å²) in [6.07, 6.45) is -0.221. The van der Waals surface area contributed by atoms with Crippen LogP contribution in [0, 0.1) is 0 Å². The molecule has 1 atom stereocenters. The fraction of sp³-hybridized carbons (Fsp3) is 0.269. The lowest BCUT2D eigenvalue weighted by Gasteiger charge is -2.23. The van der Waals surface area contributed by atoms with Gasteiger partial charge in [-0.25, -0.2) is 0 Å². The third kappa shape index (κ3) is 4.47. The molecule has 6 nitrogen and oxygen atoms in total. The minimum Gasteiger partial charge on any atom is -0.489 e. The second-order valence-electron chi connectivity index (χ2n) is 7.88. The van der Waals surface area contributed by atoms with Gasteiger partial charge in [0.15, 0.2) is 0 Å². The highest BCUT2D eigenvalue weighted by Gasteiger charge is 2.20. The predicted molar refractivity (Wildman–Crippen MR) is 122 cm³/mol. The molecular weight excluding hydrogens is 406 g/mol. The Kier molecular flexibility index (Phi) is 6.44. The number of hydrogen-bond donors (Lipinski definition) is 2. The lowest BCUT2D eigenvalue weighted by Crippen LogP contribution is -2.10. The molecule has 0 fully saturated rings. The zero-order valence-corrected chi connectivity index (χ0v) is 18.3. The van der Waals surface area contributed by atoms with E-state index in [2.05, 4.69) is 6.07 Å². The number of carboxylic acids is 1. The molecule has 0 amide bonds. The first-order valence-corrected chi connectivity index (χ1v) is 10.6. The van der Waals surface area contributed by atoms with E-state index in [1.54, 1.807) is 13.2 Å². The van der Waals surface area contributed by atoms with E-state index in [1.807, 2.05) is 49.4 Å². The van der Waals surface area contributed by atoms with Crippen molar-refractivity contribution in [1.29, 1.82) is 0 Å². The Balaban J connectivity index is 1.62. The Hall–Kier alpha value is -3.35. The Morgan fingerprint density at radius 3 is 2.72 bits per heavy atom. The summed E-state index contributed by atoms with van der Waals surface area (Å²) < 4.78 is 17.5. The molecule has 0 spiro atoms. The fourth-order valence-electron chi connectivity index (χ4n) is 3.93. The van der Waals surface area contributed by atoms with Gasteiger partial charge in [-0.1, -0.05) is 42.5 Å². The van der Waals surface area contributed by atoms with Gasteiger partial charge in [-0.05, 0) is 41.3 Å². The van der Waals surface area contributed by atoms with Crippen LogP contribution in [-0.2, 0) is 35.7 Å². The number of fused-ring (bicyclic) bond motifs is 3. The first kappa shape index (κ1) is 21.9. The quantitative estimate of drug-likeness (QED) is 0.539. The van der Waals surface area contributed by atoms with Crippen molar-refractivity contribution in [2.75, 3.05) is 7.11 Å². The van der Waals surface area contributed by atoms with E-state index in [0.717, 1.165) is 39.1 Å². The van der Waals surface area contributed by atoms with E-state index in [9.17, 15) is 9.90 Å². The van der Waals surface area contributed by atoms with Crippen molar-refractivity contribution >= 4 is 5.97 Å². The molecule has 6 heteroatoms.